The van der Waals surface area contributed by atoms with E-state index in [0.29, 0.717) is 30.4 Å². The molecule has 1 fully saturated rings. The number of fused-ring (bicyclic) bond motifs is 1. The SMILES string of the molecule is Cn1ncc2cc(N)cc(Oc3ccc(OCCOC4CCOCC4)cc3)c21. The van der Waals surface area contributed by atoms with E-state index >= 15 is 0 Å². The first-order chi connectivity index (χ1) is 13.7. The molecule has 0 atom stereocenters. The van der Waals surface area contributed by atoms with E-state index in [0.717, 1.165) is 42.7 Å². The Balaban J connectivity index is 1.33. The number of hydrogen-bond acceptors (Lipinski definition) is 6. The molecule has 7 heteroatoms. The predicted molar refractivity (Wildman–Crippen MR) is 107 cm³/mol. The smallest absolute Gasteiger partial charge is 0.155 e. The van der Waals surface area contributed by atoms with Crippen LogP contribution in [-0.2, 0) is 16.5 Å². The molecule has 1 aliphatic rings. The summed E-state index contributed by atoms with van der Waals surface area (Å²) in [7, 11) is 1.88. The minimum atomic E-state index is 0.287. The van der Waals surface area contributed by atoms with E-state index in [1.54, 1.807) is 10.9 Å². The predicted octanol–water partition coefficient (Wildman–Crippen LogP) is 3.52. The molecule has 0 radical (unpaired) electrons. The summed E-state index contributed by atoms with van der Waals surface area (Å²) in [5.74, 6) is 2.16. The van der Waals surface area contributed by atoms with Gasteiger partial charge in [0, 0.05) is 37.4 Å². The highest BCUT2D eigenvalue weighted by Crippen LogP contribution is 2.32. The number of anilines is 1. The van der Waals surface area contributed by atoms with E-state index in [-0.39, 0.29) is 6.10 Å². The molecule has 0 bridgehead atoms. The van der Waals surface area contributed by atoms with Gasteiger partial charge in [0.05, 0.1) is 18.9 Å². The number of rotatable bonds is 7. The van der Waals surface area contributed by atoms with Gasteiger partial charge in [-0.1, -0.05) is 0 Å². The van der Waals surface area contributed by atoms with Gasteiger partial charge in [-0.15, -0.1) is 0 Å². The molecule has 1 aromatic heterocycles. The van der Waals surface area contributed by atoms with Crippen LogP contribution in [0.3, 0.4) is 0 Å². The van der Waals surface area contributed by atoms with Crippen molar-refractivity contribution in [3.63, 3.8) is 0 Å². The lowest BCUT2D eigenvalue weighted by molar-refractivity contribution is -0.0388. The molecular weight excluding hydrogens is 358 g/mol. The zero-order chi connectivity index (χ0) is 19.3. The minimum Gasteiger partial charge on any atom is -0.491 e. The van der Waals surface area contributed by atoms with Crippen LogP contribution >= 0.6 is 0 Å². The Bertz CT molecular complexity index is 917. The van der Waals surface area contributed by atoms with Gasteiger partial charge < -0.3 is 24.7 Å². The number of hydrogen-bond donors (Lipinski definition) is 1. The van der Waals surface area contributed by atoms with Crippen molar-refractivity contribution in [2.75, 3.05) is 32.2 Å². The zero-order valence-corrected chi connectivity index (χ0v) is 16.0. The van der Waals surface area contributed by atoms with E-state index in [9.17, 15) is 0 Å². The minimum absolute atomic E-state index is 0.287. The largest absolute Gasteiger partial charge is 0.491 e. The lowest BCUT2D eigenvalue weighted by atomic mass is 10.2. The monoisotopic (exact) mass is 383 g/mol. The highest BCUT2D eigenvalue weighted by Gasteiger charge is 2.14. The first kappa shape index (κ1) is 18.6. The molecule has 2 heterocycles. The van der Waals surface area contributed by atoms with Gasteiger partial charge in [-0.05, 0) is 43.2 Å². The molecule has 0 unspecified atom stereocenters. The molecule has 28 heavy (non-hydrogen) atoms. The summed E-state index contributed by atoms with van der Waals surface area (Å²) in [6.07, 6.45) is 3.98. The average molecular weight is 383 g/mol. The molecule has 0 spiro atoms. The Kier molecular flexibility index (Phi) is 5.64. The van der Waals surface area contributed by atoms with Gasteiger partial charge in [-0.3, -0.25) is 4.68 Å². The lowest BCUT2D eigenvalue weighted by Crippen LogP contribution is -2.25. The maximum absolute atomic E-state index is 6.04. The van der Waals surface area contributed by atoms with Crippen LogP contribution in [0.1, 0.15) is 12.8 Å². The summed E-state index contributed by atoms with van der Waals surface area (Å²) in [5.41, 5.74) is 7.52. The van der Waals surface area contributed by atoms with Gasteiger partial charge in [0.1, 0.15) is 23.6 Å². The van der Waals surface area contributed by atoms with Crippen molar-refractivity contribution in [1.29, 1.82) is 0 Å². The normalized spacial score (nSPS) is 15.0. The number of aryl methyl sites for hydroxylation is 1. The second-order valence-corrected chi connectivity index (χ2v) is 6.83. The molecule has 3 aromatic rings. The maximum atomic E-state index is 6.04. The molecule has 0 aliphatic carbocycles. The maximum Gasteiger partial charge on any atom is 0.155 e. The summed E-state index contributed by atoms with van der Waals surface area (Å²) in [5, 5.41) is 5.22. The van der Waals surface area contributed by atoms with E-state index < -0.39 is 0 Å². The van der Waals surface area contributed by atoms with Crippen molar-refractivity contribution in [3.05, 3.63) is 42.6 Å². The molecule has 2 aromatic carbocycles. The Morgan fingerprint density at radius 1 is 1.11 bits per heavy atom. The van der Waals surface area contributed by atoms with Crippen LogP contribution in [-0.4, -0.2) is 42.3 Å². The first-order valence-corrected chi connectivity index (χ1v) is 9.50. The second kappa shape index (κ2) is 8.50. The summed E-state index contributed by atoms with van der Waals surface area (Å²) in [4.78, 5) is 0. The van der Waals surface area contributed by atoms with Crippen molar-refractivity contribution in [3.8, 4) is 17.2 Å². The third-order valence-electron chi connectivity index (χ3n) is 4.75. The lowest BCUT2D eigenvalue weighted by Gasteiger charge is -2.22. The molecule has 4 rings (SSSR count). The van der Waals surface area contributed by atoms with Crippen molar-refractivity contribution < 1.29 is 18.9 Å². The van der Waals surface area contributed by atoms with E-state index in [4.69, 9.17) is 24.7 Å². The zero-order valence-electron chi connectivity index (χ0n) is 16.0. The van der Waals surface area contributed by atoms with Crippen LogP contribution in [0.15, 0.2) is 42.6 Å². The van der Waals surface area contributed by atoms with Crippen LogP contribution in [0.5, 0.6) is 17.2 Å². The number of nitrogen functional groups attached to an aromatic ring is 1. The van der Waals surface area contributed by atoms with Gasteiger partial charge in [0.2, 0.25) is 0 Å². The van der Waals surface area contributed by atoms with E-state index in [1.807, 2.05) is 43.4 Å². The Morgan fingerprint density at radius 2 is 1.86 bits per heavy atom. The van der Waals surface area contributed by atoms with E-state index in [2.05, 4.69) is 5.10 Å². The van der Waals surface area contributed by atoms with E-state index in [1.165, 1.54) is 0 Å². The van der Waals surface area contributed by atoms with Gasteiger partial charge in [0.25, 0.3) is 0 Å². The number of benzene rings is 2. The Morgan fingerprint density at radius 3 is 2.64 bits per heavy atom. The van der Waals surface area contributed by atoms with Gasteiger partial charge in [-0.25, -0.2) is 0 Å². The fourth-order valence-electron chi connectivity index (χ4n) is 3.33. The van der Waals surface area contributed by atoms with Gasteiger partial charge in [-0.2, -0.15) is 5.10 Å². The molecule has 2 N–H and O–H groups in total. The number of aromatic nitrogens is 2. The second-order valence-electron chi connectivity index (χ2n) is 6.83. The highest BCUT2D eigenvalue weighted by atomic mass is 16.5. The third-order valence-corrected chi connectivity index (χ3v) is 4.75. The summed E-state index contributed by atoms with van der Waals surface area (Å²) >= 11 is 0. The van der Waals surface area contributed by atoms with Crippen LogP contribution in [0, 0.1) is 0 Å². The standard InChI is InChI=1S/C21H25N3O4/c1-24-21-15(14-23-24)12-16(22)13-20(21)28-19-4-2-17(3-5-19)26-10-11-27-18-6-8-25-9-7-18/h2-5,12-14,18H,6-11,22H2,1H3. The van der Waals surface area contributed by atoms with Gasteiger partial charge in [0.15, 0.2) is 5.75 Å². The van der Waals surface area contributed by atoms with Crippen LogP contribution in [0.25, 0.3) is 10.9 Å². The van der Waals surface area contributed by atoms with Crippen LogP contribution in [0.4, 0.5) is 5.69 Å². The quantitative estimate of drug-likeness (QED) is 0.497. The molecule has 1 aliphatic heterocycles. The third kappa shape index (κ3) is 4.37. The van der Waals surface area contributed by atoms with Crippen molar-refractivity contribution in [2.24, 2.45) is 7.05 Å². The Hall–Kier alpha value is -2.77. The highest BCUT2D eigenvalue weighted by molar-refractivity contribution is 5.88. The Labute approximate surface area is 163 Å². The fourth-order valence-corrected chi connectivity index (χ4v) is 3.33. The van der Waals surface area contributed by atoms with Crippen LogP contribution < -0.4 is 15.2 Å². The first-order valence-electron chi connectivity index (χ1n) is 9.50. The molecule has 0 saturated carbocycles. The summed E-state index contributed by atoms with van der Waals surface area (Å²) in [6.45, 7) is 2.66. The number of nitrogens with zero attached hydrogens (tertiary/aromatic N) is 2. The summed E-state index contributed by atoms with van der Waals surface area (Å²) < 4.78 is 24.7. The number of ether oxygens (including phenoxy) is 4. The fraction of sp³-hybridized carbons (Fsp3) is 0.381. The molecule has 0 amide bonds. The molecule has 7 nitrogen and oxygen atoms in total. The van der Waals surface area contributed by atoms with Crippen molar-refractivity contribution in [2.45, 2.75) is 18.9 Å². The number of nitrogens with two attached hydrogens (primary N) is 1. The van der Waals surface area contributed by atoms with Crippen LogP contribution in [0.2, 0.25) is 0 Å². The van der Waals surface area contributed by atoms with Crippen molar-refractivity contribution in [1.82, 2.24) is 9.78 Å². The summed E-state index contributed by atoms with van der Waals surface area (Å²) in [6, 6.07) is 11.2. The average Bonchev–Trinajstić information content (AvgIpc) is 3.08. The molecule has 148 valence electrons. The molecular formula is C21H25N3O4. The van der Waals surface area contributed by atoms with Crippen molar-refractivity contribution >= 4 is 16.6 Å². The van der Waals surface area contributed by atoms with Gasteiger partial charge >= 0.3 is 0 Å². The topological polar surface area (TPSA) is 80.8 Å². The molecule has 1 saturated heterocycles.